The molecule has 0 aliphatic carbocycles. The maximum atomic E-state index is 13.1. The summed E-state index contributed by atoms with van der Waals surface area (Å²) in [5.74, 6) is -0.0659. The van der Waals surface area contributed by atoms with Crippen molar-refractivity contribution in [2.24, 2.45) is 0 Å². The molecule has 162 valence electrons. The number of hydrogen-bond acceptors (Lipinski definition) is 3. The molecular weight excluding hydrogens is 447 g/mol. The van der Waals surface area contributed by atoms with Gasteiger partial charge in [0, 0.05) is 28.2 Å². The highest BCUT2D eigenvalue weighted by Crippen LogP contribution is 2.24. The fraction of sp³-hybridized carbons (Fsp3) is 0.364. The number of nitrogens with one attached hydrogen (secondary N) is 1. The van der Waals surface area contributed by atoms with Crippen molar-refractivity contribution >= 4 is 46.6 Å². The van der Waals surface area contributed by atoms with E-state index in [9.17, 15) is 9.59 Å². The van der Waals surface area contributed by atoms with Crippen LogP contribution in [0.15, 0.2) is 42.5 Å². The van der Waals surface area contributed by atoms with Gasteiger partial charge in [0.25, 0.3) is 5.91 Å². The molecule has 0 aliphatic heterocycles. The van der Waals surface area contributed by atoms with Crippen molar-refractivity contribution in [3.05, 3.63) is 63.1 Å². The van der Waals surface area contributed by atoms with Gasteiger partial charge in [-0.25, -0.2) is 0 Å². The molecule has 0 saturated heterocycles. The molecule has 5 nitrogen and oxygen atoms in total. The number of carbonyl (C=O) groups excluding carboxylic acids is 2. The third-order valence-electron chi connectivity index (χ3n) is 4.45. The number of rotatable bonds is 10. The zero-order valence-electron chi connectivity index (χ0n) is 17.0. The molecule has 8 heteroatoms. The minimum Gasteiger partial charge on any atom is -0.484 e. The van der Waals surface area contributed by atoms with E-state index >= 15 is 0 Å². The average Bonchev–Trinajstić information content (AvgIpc) is 2.71. The van der Waals surface area contributed by atoms with E-state index in [-0.39, 0.29) is 25.0 Å². The van der Waals surface area contributed by atoms with Gasteiger partial charge >= 0.3 is 0 Å². The van der Waals surface area contributed by atoms with E-state index in [1.165, 1.54) is 4.90 Å². The maximum absolute atomic E-state index is 13.1. The number of carbonyl (C=O) groups is 2. The lowest BCUT2D eigenvalue weighted by Crippen LogP contribution is -2.50. The van der Waals surface area contributed by atoms with E-state index in [1.54, 1.807) is 42.5 Å². The van der Waals surface area contributed by atoms with Crippen molar-refractivity contribution in [3.63, 3.8) is 0 Å². The predicted octanol–water partition coefficient (Wildman–Crippen LogP) is 5.36. The summed E-state index contributed by atoms with van der Waals surface area (Å²) in [7, 11) is 0. The Labute approximate surface area is 192 Å². The Hall–Kier alpha value is -1.95. The van der Waals surface area contributed by atoms with E-state index < -0.39 is 6.04 Å². The molecule has 1 atom stereocenters. The van der Waals surface area contributed by atoms with Crippen LogP contribution in [0.5, 0.6) is 5.75 Å². The van der Waals surface area contributed by atoms with Crippen molar-refractivity contribution in [1.29, 1.82) is 0 Å². The molecule has 0 saturated carbocycles. The highest BCUT2D eigenvalue weighted by Gasteiger charge is 2.29. The molecule has 2 aromatic rings. The molecule has 2 aromatic carbocycles. The van der Waals surface area contributed by atoms with Crippen LogP contribution in [0.2, 0.25) is 15.1 Å². The number of amides is 2. The van der Waals surface area contributed by atoms with Crippen LogP contribution in [-0.4, -0.2) is 35.9 Å². The van der Waals surface area contributed by atoms with Crippen LogP contribution in [-0.2, 0) is 16.1 Å². The van der Waals surface area contributed by atoms with E-state index in [4.69, 9.17) is 39.5 Å². The second kappa shape index (κ2) is 12.0. The number of halogens is 3. The van der Waals surface area contributed by atoms with E-state index in [2.05, 4.69) is 5.32 Å². The highest BCUT2D eigenvalue weighted by molar-refractivity contribution is 6.35. The van der Waals surface area contributed by atoms with Gasteiger partial charge in [0.1, 0.15) is 11.8 Å². The Bertz CT molecular complexity index is 876. The van der Waals surface area contributed by atoms with Crippen LogP contribution in [0.25, 0.3) is 0 Å². The van der Waals surface area contributed by atoms with Gasteiger partial charge in [-0.1, -0.05) is 60.8 Å². The maximum Gasteiger partial charge on any atom is 0.261 e. The Balaban J connectivity index is 2.23. The van der Waals surface area contributed by atoms with Gasteiger partial charge in [-0.3, -0.25) is 9.59 Å². The largest absolute Gasteiger partial charge is 0.484 e. The highest BCUT2D eigenvalue weighted by atomic mass is 35.5. The fourth-order valence-electron chi connectivity index (χ4n) is 2.90. The summed E-state index contributed by atoms with van der Waals surface area (Å²) in [5.41, 5.74) is 0.693. The summed E-state index contributed by atoms with van der Waals surface area (Å²) in [5, 5.41) is 4.30. The monoisotopic (exact) mass is 470 g/mol. The summed E-state index contributed by atoms with van der Waals surface area (Å²) >= 11 is 18.3. The number of benzene rings is 2. The Morgan fingerprint density at radius 1 is 1.07 bits per heavy atom. The van der Waals surface area contributed by atoms with Crippen LogP contribution >= 0.6 is 34.8 Å². The third-order valence-corrected chi connectivity index (χ3v) is 5.27. The average molecular weight is 472 g/mol. The summed E-state index contributed by atoms with van der Waals surface area (Å²) in [6.45, 7) is 4.29. The lowest BCUT2D eigenvalue weighted by Gasteiger charge is -2.31. The smallest absolute Gasteiger partial charge is 0.261 e. The fourth-order valence-corrected chi connectivity index (χ4v) is 3.55. The molecule has 0 heterocycles. The molecule has 0 bridgehead atoms. The summed E-state index contributed by atoms with van der Waals surface area (Å²) in [6, 6.07) is 11.2. The normalized spacial score (nSPS) is 11.6. The molecule has 2 amide bonds. The first-order chi connectivity index (χ1) is 14.3. The molecule has 0 radical (unpaired) electrons. The van der Waals surface area contributed by atoms with Crippen molar-refractivity contribution in [1.82, 2.24) is 10.2 Å². The third kappa shape index (κ3) is 7.08. The lowest BCUT2D eigenvalue weighted by molar-refractivity contribution is -0.143. The molecule has 30 heavy (non-hydrogen) atoms. The van der Waals surface area contributed by atoms with Crippen molar-refractivity contribution in [3.8, 4) is 5.75 Å². The first kappa shape index (κ1) is 24.3. The topological polar surface area (TPSA) is 58.6 Å². The molecule has 1 N–H and O–H groups in total. The van der Waals surface area contributed by atoms with E-state index in [1.807, 2.05) is 13.8 Å². The minimum atomic E-state index is -0.654. The van der Waals surface area contributed by atoms with Gasteiger partial charge in [-0.15, -0.1) is 0 Å². The van der Waals surface area contributed by atoms with Gasteiger partial charge in [-0.05, 0) is 48.7 Å². The van der Waals surface area contributed by atoms with Crippen LogP contribution in [0.1, 0.15) is 32.3 Å². The predicted molar refractivity (Wildman–Crippen MR) is 121 cm³/mol. The summed E-state index contributed by atoms with van der Waals surface area (Å²) in [6.07, 6.45) is 1.25. The Morgan fingerprint density at radius 3 is 2.43 bits per heavy atom. The molecule has 0 aliphatic rings. The van der Waals surface area contributed by atoms with Crippen molar-refractivity contribution in [2.45, 2.75) is 39.3 Å². The number of ether oxygens (including phenoxy) is 1. The second-order valence-corrected chi connectivity index (χ2v) is 8.00. The number of hydrogen-bond donors (Lipinski definition) is 1. The molecule has 0 spiro atoms. The molecule has 2 rings (SSSR count). The second-order valence-electron chi connectivity index (χ2n) is 6.72. The molecule has 0 aromatic heterocycles. The molecular formula is C22H25Cl3N2O3. The van der Waals surface area contributed by atoms with Crippen LogP contribution in [0.4, 0.5) is 0 Å². The van der Waals surface area contributed by atoms with Crippen LogP contribution < -0.4 is 10.1 Å². The lowest BCUT2D eigenvalue weighted by atomic mass is 10.1. The van der Waals surface area contributed by atoms with Gasteiger partial charge < -0.3 is 15.0 Å². The number of nitrogens with zero attached hydrogens (tertiary/aromatic N) is 1. The Kier molecular flexibility index (Phi) is 9.76. The molecule has 0 fully saturated rings. The Morgan fingerprint density at radius 2 is 1.80 bits per heavy atom. The summed E-state index contributed by atoms with van der Waals surface area (Å²) in [4.78, 5) is 27.3. The zero-order valence-corrected chi connectivity index (χ0v) is 19.2. The quantitative estimate of drug-likeness (QED) is 0.507. The van der Waals surface area contributed by atoms with Crippen LogP contribution in [0, 0.1) is 0 Å². The van der Waals surface area contributed by atoms with Gasteiger partial charge in [0.15, 0.2) is 6.61 Å². The van der Waals surface area contributed by atoms with Gasteiger partial charge in [0.05, 0.1) is 0 Å². The van der Waals surface area contributed by atoms with Gasteiger partial charge in [0.2, 0.25) is 5.91 Å². The zero-order chi connectivity index (χ0) is 22.1. The SMILES string of the molecule is CCCNC(=O)[C@@H](CC)N(Cc1ccc(Cl)cc1Cl)C(=O)COc1cccc(Cl)c1. The molecule has 0 unspecified atom stereocenters. The minimum absolute atomic E-state index is 0.159. The van der Waals surface area contributed by atoms with Gasteiger partial charge in [-0.2, -0.15) is 0 Å². The van der Waals surface area contributed by atoms with E-state index in [0.717, 1.165) is 6.42 Å². The van der Waals surface area contributed by atoms with Crippen molar-refractivity contribution < 1.29 is 14.3 Å². The summed E-state index contributed by atoms with van der Waals surface area (Å²) < 4.78 is 5.61. The van der Waals surface area contributed by atoms with E-state index in [0.29, 0.717) is 39.3 Å². The van der Waals surface area contributed by atoms with Crippen LogP contribution in [0.3, 0.4) is 0 Å². The van der Waals surface area contributed by atoms with Crippen molar-refractivity contribution in [2.75, 3.05) is 13.2 Å². The first-order valence-corrected chi connectivity index (χ1v) is 10.9. The first-order valence-electron chi connectivity index (χ1n) is 9.75. The standard InChI is InChI=1S/C22H25Cl3N2O3/c1-3-10-26-22(29)20(4-2)27(13-15-8-9-17(24)12-19(15)25)21(28)14-30-18-7-5-6-16(23)11-18/h5-9,11-12,20H,3-4,10,13-14H2,1-2H3,(H,26,29)/t20-/m1/s1.